The maximum Gasteiger partial charge on any atom is 0.338 e. The average molecular weight is 257 g/mol. The number of aliphatic hydroxyl groups excluding tert-OH is 1. The Hall–Kier alpha value is -1.06. The van der Waals surface area contributed by atoms with Gasteiger partial charge in [-0.05, 0) is 43.0 Å². The predicted molar refractivity (Wildman–Crippen MR) is 67.4 cm³/mol. The van der Waals surface area contributed by atoms with E-state index in [4.69, 9.17) is 16.3 Å². The Morgan fingerprint density at radius 3 is 2.76 bits per heavy atom. The number of benzene rings is 1. The molecule has 0 atom stereocenters. The third kappa shape index (κ3) is 4.02. The lowest BCUT2D eigenvalue weighted by Crippen LogP contribution is -2.06. The standard InChI is InChI=1S/C13H17ClO3/c1-2-17-13(16)11-5-6-12(9-15)10(8-11)4-3-7-14/h5-6,8,15H,2-4,7,9H2,1H3. The van der Waals surface area contributed by atoms with E-state index >= 15 is 0 Å². The molecule has 0 bridgehead atoms. The molecule has 0 amide bonds. The summed E-state index contributed by atoms with van der Waals surface area (Å²) < 4.78 is 4.93. The normalized spacial score (nSPS) is 10.3. The van der Waals surface area contributed by atoms with E-state index in [1.165, 1.54) is 0 Å². The number of hydrogen-bond acceptors (Lipinski definition) is 3. The van der Waals surface area contributed by atoms with E-state index in [9.17, 15) is 9.90 Å². The first-order valence-electron chi connectivity index (χ1n) is 5.68. The smallest absolute Gasteiger partial charge is 0.338 e. The second-order valence-corrected chi connectivity index (χ2v) is 4.03. The molecule has 0 unspecified atom stereocenters. The molecule has 0 heterocycles. The van der Waals surface area contributed by atoms with Crippen LogP contribution in [0.4, 0.5) is 0 Å². The second-order valence-electron chi connectivity index (χ2n) is 3.65. The van der Waals surface area contributed by atoms with Gasteiger partial charge in [-0.15, -0.1) is 11.6 Å². The number of aliphatic hydroxyl groups is 1. The summed E-state index contributed by atoms with van der Waals surface area (Å²) in [5, 5.41) is 9.20. The minimum Gasteiger partial charge on any atom is -0.462 e. The quantitative estimate of drug-likeness (QED) is 0.628. The Balaban J connectivity index is 2.91. The van der Waals surface area contributed by atoms with Crippen molar-refractivity contribution >= 4 is 17.6 Å². The molecule has 0 radical (unpaired) electrons. The highest BCUT2D eigenvalue weighted by Gasteiger charge is 2.09. The molecule has 17 heavy (non-hydrogen) atoms. The Bertz CT molecular complexity index is 377. The molecule has 94 valence electrons. The van der Waals surface area contributed by atoms with E-state index in [1.54, 1.807) is 25.1 Å². The van der Waals surface area contributed by atoms with Gasteiger partial charge in [0.05, 0.1) is 18.8 Å². The molecule has 0 saturated carbocycles. The summed E-state index contributed by atoms with van der Waals surface area (Å²) in [5.41, 5.74) is 2.32. The van der Waals surface area contributed by atoms with Crippen molar-refractivity contribution in [1.82, 2.24) is 0 Å². The summed E-state index contributed by atoms with van der Waals surface area (Å²) in [6, 6.07) is 5.21. The Labute approximate surface area is 106 Å². The van der Waals surface area contributed by atoms with Gasteiger partial charge in [0.25, 0.3) is 0 Å². The van der Waals surface area contributed by atoms with Crippen molar-refractivity contribution in [3.63, 3.8) is 0 Å². The van der Waals surface area contributed by atoms with Gasteiger partial charge in [-0.2, -0.15) is 0 Å². The number of carbonyl (C=O) groups is 1. The molecule has 1 rings (SSSR count). The van der Waals surface area contributed by atoms with E-state index in [2.05, 4.69) is 0 Å². The maximum absolute atomic E-state index is 11.6. The van der Waals surface area contributed by atoms with Crippen LogP contribution in [-0.2, 0) is 17.8 Å². The molecule has 4 heteroatoms. The van der Waals surface area contributed by atoms with Crippen LogP contribution in [0, 0.1) is 0 Å². The first-order valence-corrected chi connectivity index (χ1v) is 6.22. The summed E-state index contributed by atoms with van der Waals surface area (Å²) in [5.74, 6) is 0.234. The number of alkyl halides is 1. The lowest BCUT2D eigenvalue weighted by molar-refractivity contribution is 0.0526. The average Bonchev–Trinajstić information content (AvgIpc) is 2.36. The molecule has 0 spiro atoms. The zero-order chi connectivity index (χ0) is 12.7. The van der Waals surface area contributed by atoms with Gasteiger partial charge in [0.1, 0.15) is 0 Å². The molecule has 3 nitrogen and oxygen atoms in total. The fourth-order valence-electron chi connectivity index (χ4n) is 1.61. The van der Waals surface area contributed by atoms with Crippen molar-refractivity contribution in [2.45, 2.75) is 26.4 Å². The number of carbonyl (C=O) groups excluding carboxylic acids is 1. The fourth-order valence-corrected chi connectivity index (χ4v) is 1.75. The van der Waals surface area contributed by atoms with Crippen LogP contribution >= 0.6 is 11.6 Å². The zero-order valence-corrected chi connectivity index (χ0v) is 10.7. The minimum atomic E-state index is -0.330. The highest BCUT2D eigenvalue weighted by atomic mass is 35.5. The molecule has 0 fully saturated rings. The monoisotopic (exact) mass is 256 g/mol. The molecule has 1 aromatic carbocycles. The molecule has 0 aliphatic carbocycles. The van der Waals surface area contributed by atoms with Crippen molar-refractivity contribution in [3.8, 4) is 0 Å². The van der Waals surface area contributed by atoms with E-state index in [0.717, 1.165) is 24.0 Å². The second kappa shape index (κ2) is 7.30. The fraction of sp³-hybridized carbons (Fsp3) is 0.462. The van der Waals surface area contributed by atoms with Gasteiger partial charge in [0, 0.05) is 5.88 Å². The van der Waals surface area contributed by atoms with Crippen molar-refractivity contribution in [2.75, 3.05) is 12.5 Å². The predicted octanol–water partition coefficient (Wildman–Crippen LogP) is 2.53. The summed E-state index contributed by atoms with van der Waals surface area (Å²) in [6.45, 7) is 2.10. The van der Waals surface area contributed by atoms with Gasteiger partial charge < -0.3 is 9.84 Å². The molecule has 1 N–H and O–H groups in total. The molecular weight excluding hydrogens is 240 g/mol. The van der Waals surface area contributed by atoms with Crippen LogP contribution in [-0.4, -0.2) is 23.6 Å². The third-order valence-electron chi connectivity index (χ3n) is 2.47. The maximum atomic E-state index is 11.6. The number of rotatable bonds is 6. The number of esters is 1. The van der Waals surface area contributed by atoms with Gasteiger partial charge >= 0.3 is 5.97 Å². The van der Waals surface area contributed by atoms with Crippen molar-refractivity contribution in [3.05, 3.63) is 34.9 Å². The van der Waals surface area contributed by atoms with Crippen molar-refractivity contribution < 1.29 is 14.6 Å². The minimum absolute atomic E-state index is 0.0271. The van der Waals surface area contributed by atoms with Crippen LogP contribution in [0.3, 0.4) is 0 Å². The summed E-state index contributed by atoms with van der Waals surface area (Å²) >= 11 is 5.64. The van der Waals surface area contributed by atoms with Gasteiger partial charge in [0.2, 0.25) is 0 Å². The number of aryl methyl sites for hydroxylation is 1. The van der Waals surface area contributed by atoms with Crippen LogP contribution in [0.25, 0.3) is 0 Å². The van der Waals surface area contributed by atoms with Gasteiger partial charge in [-0.25, -0.2) is 4.79 Å². The Morgan fingerprint density at radius 2 is 2.18 bits per heavy atom. The molecule has 0 aromatic heterocycles. The van der Waals surface area contributed by atoms with Gasteiger partial charge in [0.15, 0.2) is 0 Å². The van der Waals surface area contributed by atoms with E-state index in [1.807, 2.05) is 0 Å². The van der Waals surface area contributed by atoms with Crippen LogP contribution < -0.4 is 0 Å². The van der Waals surface area contributed by atoms with Crippen LogP contribution in [0.2, 0.25) is 0 Å². The van der Waals surface area contributed by atoms with Crippen LogP contribution in [0.15, 0.2) is 18.2 Å². The molecule has 1 aromatic rings. The lowest BCUT2D eigenvalue weighted by Gasteiger charge is -2.09. The Morgan fingerprint density at radius 1 is 1.41 bits per heavy atom. The first kappa shape index (κ1) is 14.0. The topological polar surface area (TPSA) is 46.5 Å². The molecule has 0 saturated heterocycles. The molecule has 0 aliphatic rings. The van der Waals surface area contributed by atoms with Crippen molar-refractivity contribution in [2.24, 2.45) is 0 Å². The van der Waals surface area contributed by atoms with Gasteiger partial charge in [-0.3, -0.25) is 0 Å². The van der Waals surface area contributed by atoms with Crippen LogP contribution in [0.1, 0.15) is 34.8 Å². The largest absolute Gasteiger partial charge is 0.462 e. The third-order valence-corrected chi connectivity index (χ3v) is 2.73. The number of hydrogen-bond donors (Lipinski definition) is 1. The summed E-state index contributed by atoms with van der Waals surface area (Å²) in [6.07, 6.45) is 1.58. The highest BCUT2D eigenvalue weighted by molar-refractivity contribution is 6.17. The lowest BCUT2D eigenvalue weighted by atomic mass is 10.0. The van der Waals surface area contributed by atoms with E-state index < -0.39 is 0 Å². The van der Waals surface area contributed by atoms with Crippen molar-refractivity contribution in [1.29, 1.82) is 0 Å². The van der Waals surface area contributed by atoms with E-state index in [0.29, 0.717) is 18.1 Å². The summed E-state index contributed by atoms with van der Waals surface area (Å²) in [7, 11) is 0. The Kier molecular flexibility index (Phi) is 6.01. The molecule has 0 aliphatic heterocycles. The first-order chi connectivity index (χ1) is 8.22. The summed E-state index contributed by atoms with van der Waals surface area (Å²) in [4.78, 5) is 11.6. The SMILES string of the molecule is CCOC(=O)c1ccc(CO)c(CCCCl)c1. The van der Waals surface area contributed by atoms with Crippen LogP contribution in [0.5, 0.6) is 0 Å². The van der Waals surface area contributed by atoms with Gasteiger partial charge in [-0.1, -0.05) is 6.07 Å². The zero-order valence-electron chi connectivity index (χ0n) is 9.91. The molecular formula is C13H17ClO3. The number of halogens is 1. The number of ether oxygens (including phenoxy) is 1. The van der Waals surface area contributed by atoms with E-state index in [-0.39, 0.29) is 12.6 Å². The highest BCUT2D eigenvalue weighted by Crippen LogP contribution is 2.15.